The summed E-state index contributed by atoms with van der Waals surface area (Å²) in [6.45, 7) is 3.16. The fourth-order valence-electron chi connectivity index (χ4n) is 5.07. The van der Waals surface area contributed by atoms with E-state index in [1.54, 1.807) is 0 Å². The summed E-state index contributed by atoms with van der Waals surface area (Å²) >= 11 is 0. The van der Waals surface area contributed by atoms with Gasteiger partial charge in [0.2, 0.25) is 5.91 Å². The number of hydrogen-bond donors (Lipinski definition) is 1. The van der Waals surface area contributed by atoms with Gasteiger partial charge in [0.05, 0.1) is 6.10 Å². The largest absolute Gasteiger partial charge is 0.393 e. The Bertz CT molecular complexity index is 386. The minimum absolute atomic E-state index is 0.118. The Kier molecular flexibility index (Phi) is 2.85. The minimum atomic E-state index is -0.118. The predicted octanol–water partition coefficient (Wildman–Crippen LogP) is 0.843. The summed E-state index contributed by atoms with van der Waals surface area (Å²) in [5.41, 5.74) is 0. The molecule has 0 aliphatic carbocycles. The molecule has 1 amide bonds. The lowest BCUT2D eigenvalue weighted by atomic mass is 9.70. The van der Waals surface area contributed by atoms with Crippen LogP contribution in [0.1, 0.15) is 38.5 Å². The number of amides is 1. The zero-order chi connectivity index (χ0) is 13.0. The summed E-state index contributed by atoms with van der Waals surface area (Å²) < 4.78 is 0. The Morgan fingerprint density at radius 1 is 1.05 bits per heavy atom. The van der Waals surface area contributed by atoms with Crippen LogP contribution < -0.4 is 0 Å². The van der Waals surface area contributed by atoms with E-state index in [-0.39, 0.29) is 6.10 Å². The van der Waals surface area contributed by atoms with Crippen molar-refractivity contribution in [2.24, 2.45) is 11.8 Å². The van der Waals surface area contributed by atoms with E-state index in [9.17, 15) is 9.90 Å². The first-order valence-corrected chi connectivity index (χ1v) is 7.94. The number of rotatable bonds is 0. The van der Waals surface area contributed by atoms with E-state index in [1.807, 2.05) is 0 Å². The van der Waals surface area contributed by atoms with Gasteiger partial charge in [0.25, 0.3) is 0 Å². The summed E-state index contributed by atoms with van der Waals surface area (Å²) in [4.78, 5) is 17.0. The van der Waals surface area contributed by atoms with E-state index in [4.69, 9.17) is 0 Å². The van der Waals surface area contributed by atoms with Gasteiger partial charge in [-0.2, -0.15) is 0 Å². The molecule has 19 heavy (non-hydrogen) atoms. The first-order valence-electron chi connectivity index (χ1n) is 7.94. The minimum Gasteiger partial charge on any atom is -0.393 e. The second-order valence-corrected chi connectivity index (χ2v) is 7.00. The smallest absolute Gasteiger partial charge is 0.222 e. The molecule has 106 valence electrons. The van der Waals surface area contributed by atoms with Crippen molar-refractivity contribution in [3.05, 3.63) is 0 Å². The molecule has 4 fully saturated rings. The first kappa shape index (κ1) is 12.2. The Morgan fingerprint density at radius 3 is 2.79 bits per heavy atom. The number of piperidine rings is 4. The molecular formula is C15H24N2O2. The van der Waals surface area contributed by atoms with Crippen LogP contribution in [0.3, 0.4) is 0 Å². The van der Waals surface area contributed by atoms with Crippen LogP contribution in [0.25, 0.3) is 0 Å². The Hall–Kier alpha value is -0.610. The predicted molar refractivity (Wildman–Crippen MR) is 71.6 cm³/mol. The molecule has 4 rings (SSSR count). The third kappa shape index (κ3) is 1.91. The molecule has 4 nitrogen and oxygen atoms in total. The van der Waals surface area contributed by atoms with Crippen LogP contribution in [0.15, 0.2) is 0 Å². The van der Waals surface area contributed by atoms with Gasteiger partial charge in [-0.3, -0.25) is 9.69 Å². The van der Waals surface area contributed by atoms with E-state index < -0.39 is 0 Å². The molecule has 4 saturated heterocycles. The third-order valence-corrected chi connectivity index (χ3v) is 5.94. The molecule has 0 aromatic heterocycles. The van der Waals surface area contributed by atoms with E-state index in [0.717, 1.165) is 45.3 Å². The van der Waals surface area contributed by atoms with Gasteiger partial charge in [-0.05, 0) is 43.9 Å². The molecular weight excluding hydrogens is 240 g/mol. The number of hydrogen-bond acceptors (Lipinski definition) is 3. The molecule has 0 radical (unpaired) electrons. The molecule has 5 atom stereocenters. The lowest BCUT2D eigenvalue weighted by Gasteiger charge is -2.57. The van der Waals surface area contributed by atoms with E-state index in [1.165, 1.54) is 12.8 Å². The van der Waals surface area contributed by atoms with Crippen LogP contribution in [0.5, 0.6) is 0 Å². The topological polar surface area (TPSA) is 43.8 Å². The molecule has 0 unspecified atom stereocenters. The third-order valence-electron chi connectivity index (χ3n) is 5.94. The van der Waals surface area contributed by atoms with Gasteiger partial charge in [-0.15, -0.1) is 0 Å². The number of carbonyl (C=O) groups excluding carboxylic acids is 1. The fraction of sp³-hybridized carbons (Fsp3) is 0.933. The highest BCUT2D eigenvalue weighted by Gasteiger charge is 2.48. The van der Waals surface area contributed by atoms with Crippen molar-refractivity contribution >= 4 is 5.91 Å². The molecule has 2 bridgehead atoms. The van der Waals surface area contributed by atoms with Crippen LogP contribution in [-0.2, 0) is 4.79 Å². The van der Waals surface area contributed by atoms with Crippen LogP contribution in [0.4, 0.5) is 0 Å². The van der Waals surface area contributed by atoms with Crippen LogP contribution in [0.2, 0.25) is 0 Å². The number of aliphatic hydroxyl groups is 1. The van der Waals surface area contributed by atoms with E-state index >= 15 is 0 Å². The SMILES string of the molecule is O=C1CCC[C@H]2[C@H]3C[C@@H](CN12)[C@@H]1C[C@H](O)CCN1C3. The van der Waals surface area contributed by atoms with Gasteiger partial charge in [0.15, 0.2) is 0 Å². The van der Waals surface area contributed by atoms with Gasteiger partial charge >= 0.3 is 0 Å². The van der Waals surface area contributed by atoms with Gasteiger partial charge in [0.1, 0.15) is 0 Å². The van der Waals surface area contributed by atoms with Crippen molar-refractivity contribution in [3.63, 3.8) is 0 Å². The summed E-state index contributed by atoms with van der Waals surface area (Å²) in [6, 6.07) is 1.04. The Morgan fingerprint density at radius 2 is 1.89 bits per heavy atom. The quantitative estimate of drug-likeness (QED) is 0.705. The van der Waals surface area contributed by atoms with Crippen molar-refractivity contribution in [2.45, 2.75) is 56.7 Å². The Labute approximate surface area is 114 Å². The maximum atomic E-state index is 12.1. The average molecular weight is 264 g/mol. The molecule has 4 heteroatoms. The molecule has 0 aromatic carbocycles. The van der Waals surface area contributed by atoms with Crippen molar-refractivity contribution in [1.82, 2.24) is 9.80 Å². The maximum Gasteiger partial charge on any atom is 0.222 e. The summed E-state index contributed by atoms with van der Waals surface area (Å²) in [5, 5.41) is 9.92. The van der Waals surface area contributed by atoms with Gasteiger partial charge < -0.3 is 10.0 Å². The zero-order valence-electron chi connectivity index (χ0n) is 11.5. The second kappa shape index (κ2) is 4.45. The molecule has 1 N–H and O–H groups in total. The van der Waals surface area contributed by atoms with E-state index in [2.05, 4.69) is 9.80 Å². The van der Waals surface area contributed by atoms with Gasteiger partial charge in [0, 0.05) is 38.1 Å². The highest BCUT2D eigenvalue weighted by molar-refractivity contribution is 5.77. The molecule has 0 spiro atoms. The van der Waals surface area contributed by atoms with Crippen LogP contribution in [0, 0.1) is 11.8 Å². The summed E-state index contributed by atoms with van der Waals surface area (Å²) in [7, 11) is 0. The highest BCUT2D eigenvalue weighted by atomic mass is 16.3. The van der Waals surface area contributed by atoms with Crippen LogP contribution >= 0.6 is 0 Å². The molecule has 0 saturated carbocycles. The number of nitrogens with zero attached hydrogens (tertiary/aromatic N) is 2. The Balaban J connectivity index is 1.58. The lowest BCUT2D eigenvalue weighted by molar-refractivity contribution is -0.150. The van der Waals surface area contributed by atoms with Crippen molar-refractivity contribution in [1.29, 1.82) is 0 Å². The van der Waals surface area contributed by atoms with Crippen LogP contribution in [-0.4, -0.2) is 58.6 Å². The zero-order valence-corrected chi connectivity index (χ0v) is 11.5. The monoisotopic (exact) mass is 264 g/mol. The molecule has 4 aliphatic heterocycles. The second-order valence-electron chi connectivity index (χ2n) is 7.00. The highest BCUT2D eigenvalue weighted by Crippen LogP contribution is 2.42. The molecule has 4 heterocycles. The molecule has 4 aliphatic rings. The maximum absolute atomic E-state index is 12.1. The average Bonchev–Trinajstić information content (AvgIpc) is 2.41. The number of carbonyl (C=O) groups is 1. The number of aliphatic hydroxyl groups excluding tert-OH is 1. The van der Waals surface area contributed by atoms with Crippen molar-refractivity contribution in [3.8, 4) is 0 Å². The number of fused-ring (bicyclic) bond motifs is 6. The van der Waals surface area contributed by atoms with E-state index in [0.29, 0.717) is 29.8 Å². The fourth-order valence-corrected chi connectivity index (χ4v) is 5.07. The normalized spacial score (nSPS) is 46.7. The lowest BCUT2D eigenvalue weighted by Crippen LogP contribution is -2.65. The van der Waals surface area contributed by atoms with Gasteiger partial charge in [-0.25, -0.2) is 0 Å². The van der Waals surface area contributed by atoms with Gasteiger partial charge in [-0.1, -0.05) is 0 Å². The first-order chi connectivity index (χ1) is 9.22. The van der Waals surface area contributed by atoms with Crippen molar-refractivity contribution < 1.29 is 9.90 Å². The standard InChI is InChI=1S/C15H24N2O2/c18-12-4-5-16-8-10-6-11(14(16)7-12)9-17-13(10)2-1-3-15(17)19/h10-14,18H,1-9H2/t10-,11-,12+,13-,14-/m0/s1. The van der Waals surface area contributed by atoms with Crippen molar-refractivity contribution in [2.75, 3.05) is 19.6 Å². The summed E-state index contributed by atoms with van der Waals surface area (Å²) in [6.07, 6.45) is 6.07. The summed E-state index contributed by atoms with van der Waals surface area (Å²) in [5.74, 6) is 1.68. The molecule has 0 aromatic rings.